The Morgan fingerprint density at radius 3 is 0.952 bits per heavy atom. The molecule has 0 aromatic heterocycles. The Morgan fingerprint density at radius 2 is 0.607 bits per heavy atom. The number of carbonyl (C=O) groups excluding carboxylic acids is 5. The second-order valence-corrected chi connectivity index (χ2v) is 49.7. The van der Waals surface area contributed by atoms with Gasteiger partial charge < -0.3 is 38.3 Å². The number of ether oxygens (including phenoxy) is 7. The van der Waals surface area contributed by atoms with Crippen molar-refractivity contribution in [2.45, 2.75) is 385 Å². The van der Waals surface area contributed by atoms with E-state index in [2.05, 4.69) is 319 Å². The summed E-state index contributed by atoms with van der Waals surface area (Å²) in [6, 6.07) is 29.2. The summed E-state index contributed by atoms with van der Waals surface area (Å²) in [4.78, 5) is 59.5. The van der Waals surface area contributed by atoms with Crippen LogP contribution in [0.4, 0.5) is 0 Å². The van der Waals surface area contributed by atoms with Crippen molar-refractivity contribution in [2.75, 3.05) is 46.2 Å². The molecule has 790 valence electrons. The number of aldehydes is 1. The molecule has 1 unspecified atom stereocenters. The first kappa shape index (κ1) is 120. The molecule has 0 heterocycles. The highest BCUT2D eigenvalue weighted by Gasteiger charge is 2.41. The van der Waals surface area contributed by atoms with E-state index in [-0.39, 0.29) is 82.7 Å². The van der Waals surface area contributed by atoms with Crippen molar-refractivity contribution >= 4 is 85.4 Å². The molecule has 0 fully saturated rings. The lowest BCUT2D eigenvalue weighted by atomic mass is 9.67. The van der Waals surface area contributed by atoms with Gasteiger partial charge in [0.15, 0.2) is 29.4 Å². The van der Waals surface area contributed by atoms with Gasteiger partial charge in [0.1, 0.15) is 40.2 Å². The first-order chi connectivity index (χ1) is 67.3. The van der Waals surface area contributed by atoms with Gasteiger partial charge in [0.25, 0.3) is 0 Å². The topological polar surface area (TPSA) is 170 Å². The molecule has 0 radical (unpaired) electrons. The summed E-state index contributed by atoms with van der Waals surface area (Å²) in [5.74, 6) is 6.26. The van der Waals surface area contributed by atoms with Crippen LogP contribution in [0.25, 0.3) is 40.0 Å². The molecule has 0 spiro atoms. The number of allylic oxidation sites excluding steroid dienone is 12. The lowest BCUT2D eigenvalue weighted by Gasteiger charge is -2.37. The molecule has 0 amide bonds. The number of aliphatic hydroxyl groups excluding tert-OH is 1. The van der Waals surface area contributed by atoms with Gasteiger partial charge in [-0.2, -0.15) is 0 Å². The van der Waals surface area contributed by atoms with Crippen molar-refractivity contribution < 1.29 is 62.2 Å². The summed E-state index contributed by atoms with van der Waals surface area (Å²) in [7, 11) is 0. The molecular weight excluding hydrogens is 1860 g/mol. The third-order valence-electron chi connectivity index (χ3n) is 29.3. The number of hydrogen-bond acceptors (Lipinski definition) is 13. The summed E-state index contributed by atoms with van der Waals surface area (Å²) in [5, 5.41) is 10.5. The smallest absolute Gasteiger partial charge is 0.166 e. The van der Waals surface area contributed by atoms with E-state index in [0.717, 1.165) is 107 Å². The molecule has 1 atom stereocenters. The van der Waals surface area contributed by atoms with E-state index >= 15 is 0 Å². The van der Waals surface area contributed by atoms with Crippen molar-refractivity contribution in [3.8, 4) is 40.2 Å². The molecule has 0 saturated carbocycles. The number of fused-ring (bicyclic) bond motifs is 7. The fourth-order valence-corrected chi connectivity index (χ4v) is 21.3. The Bertz CT molecular complexity index is 6070. The van der Waals surface area contributed by atoms with Gasteiger partial charge in [0.05, 0.1) is 84.6 Å². The van der Waals surface area contributed by atoms with Gasteiger partial charge in [-0.15, -0.1) is 0 Å². The van der Waals surface area contributed by atoms with Crippen molar-refractivity contribution in [1.82, 2.24) is 0 Å². The van der Waals surface area contributed by atoms with Crippen LogP contribution in [0.3, 0.4) is 0 Å². The molecule has 7 aliphatic rings. The molecular formula is C131H181BrO13. The minimum absolute atomic E-state index is 0.0537. The van der Waals surface area contributed by atoms with Crippen LogP contribution < -0.4 is 33.2 Å². The molecule has 13 nitrogen and oxygen atoms in total. The van der Waals surface area contributed by atoms with E-state index in [9.17, 15) is 29.1 Å². The lowest BCUT2D eigenvalue weighted by molar-refractivity contribution is 0.0976. The molecule has 0 bridgehead atoms. The predicted molar refractivity (Wildman–Crippen MR) is 615 cm³/mol. The van der Waals surface area contributed by atoms with Crippen molar-refractivity contribution in [2.24, 2.45) is 27.6 Å². The second kappa shape index (κ2) is 48.6. The molecule has 145 heavy (non-hydrogen) atoms. The monoisotopic (exact) mass is 2040 g/mol. The van der Waals surface area contributed by atoms with Gasteiger partial charge in [0, 0.05) is 18.4 Å². The van der Waals surface area contributed by atoms with Crippen molar-refractivity contribution in [3.63, 3.8) is 0 Å². The van der Waals surface area contributed by atoms with Crippen LogP contribution >= 0.6 is 15.9 Å². The quantitative estimate of drug-likeness (QED) is 0.0448. The molecule has 7 aromatic rings. The Hall–Kier alpha value is -9.89. The molecule has 0 aliphatic heterocycles. The Morgan fingerprint density at radius 1 is 0.338 bits per heavy atom. The number of benzene rings is 7. The van der Waals surface area contributed by atoms with E-state index in [4.69, 9.17) is 33.2 Å². The van der Waals surface area contributed by atoms with Gasteiger partial charge in [-0.25, -0.2) is 0 Å². The van der Waals surface area contributed by atoms with E-state index < -0.39 is 6.10 Å². The third-order valence-corrected chi connectivity index (χ3v) is 29.9. The number of Topliss-reactive ketones (excluding diaryl/α,β-unsaturated/α-hetero) is 4. The number of hydrogen-bond donors (Lipinski definition) is 1. The van der Waals surface area contributed by atoms with E-state index in [1.807, 2.05) is 99.6 Å². The third kappa shape index (κ3) is 28.8. The zero-order valence-electron chi connectivity index (χ0n) is 96.8. The van der Waals surface area contributed by atoms with Crippen LogP contribution in [0.2, 0.25) is 0 Å². The Balaban J connectivity index is 0.000000207. The maximum absolute atomic E-state index is 12.4. The maximum atomic E-state index is 12.4. The zero-order valence-corrected chi connectivity index (χ0v) is 98.3. The normalized spacial score (nSPS) is 16.9. The van der Waals surface area contributed by atoms with Gasteiger partial charge in [0.2, 0.25) is 0 Å². The molecule has 7 aliphatic carbocycles. The van der Waals surface area contributed by atoms with Crippen LogP contribution in [0.1, 0.15) is 483 Å². The number of rotatable bonds is 24. The highest BCUT2D eigenvalue weighted by Crippen LogP contribution is 2.55. The molecule has 14 rings (SSSR count). The molecule has 1 N–H and O–H groups in total. The van der Waals surface area contributed by atoms with Gasteiger partial charge >= 0.3 is 0 Å². The average Bonchev–Trinajstić information content (AvgIpc) is 0.759. The fourth-order valence-electron chi connectivity index (χ4n) is 20.8. The largest absolute Gasteiger partial charge is 0.493 e. The summed E-state index contributed by atoms with van der Waals surface area (Å²) in [6.07, 6.45) is 29.7. The first-order valence-corrected chi connectivity index (χ1v) is 54.6. The van der Waals surface area contributed by atoms with Crippen LogP contribution in [0, 0.1) is 27.6 Å². The summed E-state index contributed by atoms with van der Waals surface area (Å²) in [6.45, 7) is 90.0. The SMILES string of the molecule is CCOc1cc2c(cc1Br)C(C(C)(C)C)=CCC2(C)C.CCOc1cc2c(cc1C(=O)CC)C(C(C)(C)C)=CCC2(C)C.CCOc1cc2c(cc1C(=O)CC)C=CCC2(C)C.CCOc1cc2c(cc1C(C)=O)C(C(C)C)=CCC2(C)C.CCOc1cc2c(cc1C(C)=O)C=CCC2(C)C.CCOc1cc2c(cc1C(O)CC)C(C(C)(C)C)=CCC2(C)C.CCOc1cc2c(cc1C=O)C(C(C)(C)C)=CCC2(C)C. The molecule has 0 saturated heterocycles. The minimum Gasteiger partial charge on any atom is -0.493 e. The summed E-state index contributed by atoms with van der Waals surface area (Å²) >= 11 is 3.66. The fraction of sp³-hybridized carbons (Fsp3) is 0.534. The average molecular weight is 2040 g/mol. The minimum atomic E-state index is -0.479. The summed E-state index contributed by atoms with van der Waals surface area (Å²) < 4.78 is 41.1. The van der Waals surface area contributed by atoms with Gasteiger partial charge in [-0.05, 0) is 386 Å². The molecule has 7 aromatic carbocycles. The van der Waals surface area contributed by atoms with Crippen LogP contribution in [0.15, 0.2) is 132 Å². The van der Waals surface area contributed by atoms with Crippen molar-refractivity contribution in [1.29, 1.82) is 0 Å². The van der Waals surface area contributed by atoms with Gasteiger partial charge in [-0.3, -0.25) is 24.0 Å². The number of ketones is 4. The number of aliphatic hydroxyl groups is 1. The number of carbonyl (C=O) groups is 5. The highest BCUT2D eigenvalue weighted by atomic mass is 79.9. The predicted octanol–water partition coefficient (Wildman–Crippen LogP) is 35.8. The Labute approximate surface area is 884 Å². The van der Waals surface area contributed by atoms with E-state index in [0.29, 0.717) is 105 Å². The number of halogens is 1. The molecule has 14 heteroatoms. The Kier molecular flexibility index (Phi) is 40.3. The summed E-state index contributed by atoms with van der Waals surface area (Å²) in [5.41, 5.74) is 29.9. The van der Waals surface area contributed by atoms with Crippen molar-refractivity contribution in [3.05, 3.63) is 243 Å². The van der Waals surface area contributed by atoms with Crippen LogP contribution in [-0.4, -0.2) is 80.8 Å². The second-order valence-electron chi connectivity index (χ2n) is 48.8. The lowest BCUT2D eigenvalue weighted by Crippen LogP contribution is -2.25. The zero-order chi connectivity index (χ0) is 109. The van der Waals surface area contributed by atoms with Crippen LogP contribution in [0.5, 0.6) is 40.2 Å². The van der Waals surface area contributed by atoms with E-state index in [1.54, 1.807) is 13.8 Å². The van der Waals surface area contributed by atoms with E-state index in [1.165, 1.54) is 94.6 Å². The van der Waals surface area contributed by atoms with Crippen LogP contribution in [-0.2, 0) is 37.9 Å². The maximum Gasteiger partial charge on any atom is 0.166 e. The van der Waals surface area contributed by atoms with Gasteiger partial charge in [-0.1, -0.05) is 269 Å². The first-order valence-electron chi connectivity index (χ1n) is 53.8. The highest BCUT2D eigenvalue weighted by molar-refractivity contribution is 9.10. The standard InChI is InChI=1S/C21H32O2.C21H30O2.2C19H26O2.C18H25BrO.C17H22O2.C16H20O2/c2*1-8-18(22)15-12-14-16(20(3,4)5)10-11-21(6,7)17(14)13-19(15)23-9-2;1-7-21-17-11-16-14(10-13(17)12-20)15(18(2,3)4)8-9-19(16,5)6;1-7-21-18-11-17-16(10-15(18)13(4)20)14(12(2)3)8-9-19(17,5)6;1-7-20-16-11-14-12(10-15(16)19)13(17(2,3)4)8-9-18(14,5)6;1-5-15(18)13-10-12-8-7-9-17(3,4)14(12)11-16(13)19-6-2;1-5-18-15-10-14-12(9-13(15)11(2)17)7-6-8-16(14,3)4/h10,12-13,18,22H,8-9,11H2,1-7H3;10,12-13H,8-9,11H2,1-7H3;2*8,10-12H,7,9H2,1-6H3;8,10-11H,7,9H2,1-6H3;7-8,10-11H,5-6,9H2,1-4H3;6-7,9-10H,5,8H2,1-4H3.